The molecule has 0 aromatic heterocycles. The molecule has 8 heavy (non-hydrogen) atoms. The largest absolute Gasteiger partial charge is 0.307 e. The predicted octanol–water partition coefficient (Wildman–Crippen LogP) is 0.781. The van der Waals surface area contributed by atoms with Gasteiger partial charge in [-0.25, -0.2) is 8.78 Å². The summed E-state index contributed by atoms with van der Waals surface area (Å²) >= 11 is 0. The van der Waals surface area contributed by atoms with Crippen molar-refractivity contribution in [2.24, 2.45) is 0 Å². The molecule has 0 radical (unpaired) electrons. The fourth-order valence-electron chi connectivity index (χ4n) is 0.612. The molecule has 0 bridgehead atoms. The summed E-state index contributed by atoms with van der Waals surface area (Å²) in [5.74, 6) is -2.61. The SMILES string of the molecule is FC1(F)C=CCNC1. The van der Waals surface area contributed by atoms with E-state index >= 15 is 0 Å². The van der Waals surface area contributed by atoms with Crippen LogP contribution in [0.15, 0.2) is 12.2 Å². The summed E-state index contributed by atoms with van der Waals surface area (Å²) < 4.78 is 24.1. The lowest BCUT2D eigenvalue weighted by Crippen LogP contribution is -2.34. The van der Waals surface area contributed by atoms with E-state index in [1.165, 1.54) is 6.08 Å². The molecule has 0 aromatic rings. The Morgan fingerprint density at radius 3 is 2.50 bits per heavy atom. The van der Waals surface area contributed by atoms with E-state index in [0.29, 0.717) is 6.54 Å². The molecular formula is C5H7F2N. The fourth-order valence-corrected chi connectivity index (χ4v) is 0.612. The molecule has 0 spiro atoms. The van der Waals surface area contributed by atoms with Gasteiger partial charge in [0.1, 0.15) is 0 Å². The topological polar surface area (TPSA) is 12.0 Å². The zero-order valence-electron chi connectivity index (χ0n) is 4.32. The lowest BCUT2D eigenvalue weighted by molar-refractivity contribution is 0.0516. The van der Waals surface area contributed by atoms with E-state index in [0.717, 1.165) is 6.08 Å². The van der Waals surface area contributed by atoms with Gasteiger partial charge < -0.3 is 5.32 Å². The van der Waals surface area contributed by atoms with Gasteiger partial charge in [-0.1, -0.05) is 6.08 Å². The average Bonchev–Trinajstić information content (AvgIpc) is 1.65. The Kier molecular flexibility index (Phi) is 1.29. The van der Waals surface area contributed by atoms with Crippen LogP contribution < -0.4 is 5.32 Å². The van der Waals surface area contributed by atoms with Crippen LogP contribution in [-0.2, 0) is 0 Å². The summed E-state index contributed by atoms with van der Waals surface area (Å²) in [7, 11) is 0. The van der Waals surface area contributed by atoms with E-state index in [4.69, 9.17) is 0 Å². The Morgan fingerprint density at radius 2 is 2.25 bits per heavy atom. The van der Waals surface area contributed by atoms with Crippen LogP contribution in [0.2, 0.25) is 0 Å². The molecule has 3 heteroatoms. The molecule has 1 aliphatic heterocycles. The fraction of sp³-hybridized carbons (Fsp3) is 0.600. The van der Waals surface area contributed by atoms with E-state index in [9.17, 15) is 8.78 Å². The Balaban J connectivity index is 2.56. The molecule has 1 aliphatic rings. The van der Waals surface area contributed by atoms with Crippen LogP contribution in [0.4, 0.5) is 8.78 Å². The quantitative estimate of drug-likeness (QED) is 0.465. The molecular weight excluding hydrogens is 112 g/mol. The second-order valence-corrected chi connectivity index (χ2v) is 1.79. The van der Waals surface area contributed by atoms with Gasteiger partial charge >= 0.3 is 0 Å². The summed E-state index contributed by atoms with van der Waals surface area (Å²) in [6.07, 6.45) is 2.37. The molecule has 0 atom stereocenters. The van der Waals surface area contributed by atoms with Crippen LogP contribution in [0.25, 0.3) is 0 Å². The molecule has 1 rings (SSSR count). The van der Waals surface area contributed by atoms with Crippen molar-refractivity contribution >= 4 is 0 Å². The maximum Gasteiger partial charge on any atom is 0.278 e. The Bertz CT molecular complexity index is 109. The summed E-state index contributed by atoms with van der Waals surface area (Å²) in [6, 6.07) is 0. The molecule has 1 heterocycles. The van der Waals surface area contributed by atoms with Crippen molar-refractivity contribution in [3.8, 4) is 0 Å². The first-order valence-electron chi connectivity index (χ1n) is 2.47. The van der Waals surface area contributed by atoms with Crippen molar-refractivity contribution in [3.63, 3.8) is 0 Å². The second kappa shape index (κ2) is 1.82. The highest BCUT2D eigenvalue weighted by Crippen LogP contribution is 2.15. The van der Waals surface area contributed by atoms with E-state index in [-0.39, 0.29) is 6.54 Å². The monoisotopic (exact) mass is 119 g/mol. The summed E-state index contributed by atoms with van der Waals surface area (Å²) in [6.45, 7) is 0.346. The summed E-state index contributed by atoms with van der Waals surface area (Å²) in [5, 5.41) is 2.54. The van der Waals surface area contributed by atoms with Crippen LogP contribution in [0.5, 0.6) is 0 Å². The molecule has 1 N–H and O–H groups in total. The average molecular weight is 119 g/mol. The minimum atomic E-state index is -2.61. The molecule has 1 nitrogen and oxygen atoms in total. The van der Waals surface area contributed by atoms with Crippen LogP contribution >= 0.6 is 0 Å². The third-order valence-electron chi connectivity index (χ3n) is 0.985. The normalized spacial score (nSPS) is 25.8. The van der Waals surface area contributed by atoms with Gasteiger partial charge in [0.15, 0.2) is 0 Å². The van der Waals surface area contributed by atoms with Crippen LogP contribution in [0, 0.1) is 0 Å². The van der Waals surface area contributed by atoms with Gasteiger partial charge in [-0.15, -0.1) is 0 Å². The van der Waals surface area contributed by atoms with E-state index in [1.807, 2.05) is 0 Å². The maximum atomic E-state index is 12.1. The van der Waals surface area contributed by atoms with Crippen molar-refractivity contribution in [3.05, 3.63) is 12.2 Å². The Morgan fingerprint density at radius 1 is 1.50 bits per heavy atom. The highest BCUT2D eigenvalue weighted by atomic mass is 19.3. The number of hydrogen-bond donors (Lipinski definition) is 1. The lowest BCUT2D eigenvalue weighted by atomic mass is 10.2. The third kappa shape index (κ3) is 1.26. The van der Waals surface area contributed by atoms with Crippen molar-refractivity contribution in [1.29, 1.82) is 0 Å². The lowest BCUT2D eigenvalue weighted by Gasteiger charge is -2.15. The van der Waals surface area contributed by atoms with E-state index in [2.05, 4.69) is 5.32 Å². The zero-order chi connectivity index (χ0) is 6.04. The van der Waals surface area contributed by atoms with Crippen LogP contribution in [-0.4, -0.2) is 19.0 Å². The minimum absolute atomic E-state index is 0.219. The van der Waals surface area contributed by atoms with Crippen LogP contribution in [0.1, 0.15) is 0 Å². The van der Waals surface area contributed by atoms with E-state index < -0.39 is 5.92 Å². The highest BCUT2D eigenvalue weighted by molar-refractivity contribution is 5.01. The van der Waals surface area contributed by atoms with Gasteiger partial charge in [0.05, 0.1) is 6.54 Å². The summed E-state index contributed by atoms with van der Waals surface area (Å²) in [4.78, 5) is 0. The van der Waals surface area contributed by atoms with Gasteiger partial charge in [0.25, 0.3) is 5.92 Å². The van der Waals surface area contributed by atoms with Crippen molar-refractivity contribution in [1.82, 2.24) is 5.32 Å². The Hall–Kier alpha value is -0.440. The van der Waals surface area contributed by atoms with Gasteiger partial charge in [-0.2, -0.15) is 0 Å². The molecule has 0 aliphatic carbocycles. The predicted molar refractivity (Wildman–Crippen MR) is 27.0 cm³/mol. The van der Waals surface area contributed by atoms with Gasteiger partial charge in [-0.05, 0) is 6.08 Å². The molecule has 0 saturated carbocycles. The van der Waals surface area contributed by atoms with Crippen molar-refractivity contribution in [2.75, 3.05) is 13.1 Å². The number of halogens is 2. The first-order valence-corrected chi connectivity index (χ1v) is 2.47. The van der Waals surface area contributed by atoms with Crippen molar-refractivity contribution in [2.45, 2.75) is 5.92 Å². The number of hydrogen-bond acceptors (Lipinski definition) is 1. The summed E-state index contributed by atoms with van der Waals surface area (Å²) in [5.41, 5.74) is 0. The molecule has 0 fully saturated rings. The number of nitrogens with one attached hydrogen (secondary N) is 1. The zero-order valence-corrected chi connectivity index (χ0v) is 4.32. The number of rotatable bonds is 0. The maximum absolute atomic E-state index is 12.1. The first kappa shape index (κ1) is 5.69. The Labute approximate surface area is 46.4 Å². The molecule has 0 amide bonds. The van der Waals surface area contributed by atoms with Gasteiger partial charge in [-0.3, -0.25) is 0 Å². The molecule has 46 valence electrons. The van der Waals surface area contributed by atoms with Crippen LogP contribution in [0.3, 0.4) is 0 Å². The first-order chi connectivity index (χ1) is 3.71. The van der Waals surface area contributed by atoms with Gasteiger partial charge in [0, 0.05) is 6.54 Å². The highest BCUT2D eigenvalue weighted by Gasteiger charge is 2.25. The smallest absolute Gasteiger partial charge is 0.278 e. The number of alkyl halides is 2. The molecule has 0 unspecified atom stereocenters. The van der Waals surface area contributed by atoms with Gasteiger partial charge in [0.2, 0.25) is 0 Å². The third-order valence-corrected chi connectivity index (χ3v) is 0.985. The minimum Gasteiger partial charge on any atom is -0.307 e. The standard InChI is InChI=1S/C5H7F2N/c6-5(7)2-1-3-8-4-5/h1-2,8H,3-4H2. The molecule has 0 aromatic carbocycles. The second-order valence-electron chi connectivity index (χ2n) is 1.79. The molecule has 0 saturated heterocycles. The van der Waals surface area contributed by atoms with E-state index in [1.54, 1.807) is 0 Å². The van der Waals surface area contributed by atoms with Crippen molar-refractivity contribution < 1.29 is 8.78 Å².